The van der Waals surface area contributed by atoms with Gasteiger partial charge in [-0.3, -0.25) is 4.68 Å². The van der Waals surface area contributed by atoms with Gasteiger partial charge in [0.2, 0.25) is 0 Å². The van der Waals surface area contributed by atoms with E-state index in [1.165, 1.54) is 8.61 Å². The highest BCUT2D eigenvalue weighted by Crippen LogP contribution is 2.29. The third-order valence-electron chi connectivity index (χ3n) is 4.26. The van der Waals surface area contributed by atoms with Crippen molar-refractivity contribution in [2.45, 2.75) is 19.3 Å². The predicted molar refractivity (Wildman–Crippen MR) is 90.5 cm³/mol. The van der Waals surface area contributed by atoms with Crippen molar-refractivity contribution in [3.8, 4) is 11.4 Å². The van der Waals surface area contributed by atoms with Gasteiger partial charge in [0.25, 0.3) is 10.2 Å². The summed E-state index contributed by atoms with van der Waals surface area (Å²) >= 11 is 0. The predicted octanol–water partition coefficient (Wildman–Crippen LogP) is 0.781. The molecule has 0 aliphatic carbocycles. The van der Waals surface area contributed by atoms with Gasteiger partial charge in [0.05, 0.1) is 11.4 Å². The number of hydrogen-bond acceptors (Lipinski definition) is 5. The lowest BCUT2D eigenvalue weighted by atomic mass is 10.1. The molecule has 0 amide bonds. The van der Waals surface area contributed by atoms with Gasteiger partial charge in [-0.2, -0.15) is 22.1 Å². The maximum atomic E-state index is 12.3. The van der Waals surface area contributed by atoms with Crippen LogP contribution in [0, 0.1) is 6.92 Å². The molecule has 24 heavy (non-hydrogen) atoms. The zero-order chi connectivity index (χ0) is 17.5. The Morgan fingerprint density at radius 1 is 1.29 bits per heavy atom. The van der Waals surface area contributed by atoms with Crippen LogP contribution in [0.25, 0.3) is 11.4 Å². The Kier molecular flexibility index (Phi) is 4.41. The molecule has 130 valence electrons. The van der Waals surface area contributed by atoms with Gasteiger partial charge in [-0.1, -0.05) is 0 Å². The van der Waals surface area contributed by atoms with Crippen LogP contribution in [0.5, 0.6) is 0 Å². The van der Waals surface area contributed by atoms with Crippen LogP contribution in [0.2, 0.25) is 0 Å². The van der Waals surface area contributed by atoms with Crippen LogP contribution >= 0.6 is 0 Å². The van der Waals surface area contributed by atoms with Gasteiger partial charge >= 0.3 is 0 Å². The third kappa shape index (κ3) is 3.06. The normalized spacial score (nSPS) is 19.3. The van der Waals surface area contributed by atoms with Gasteiger partial charge in [-0.05, 0) is 25.5 Å². The Morgan fingerprint density at radius 2 is 2.04 bits per heavy atom. The molecular formula is C15H22N6O2S. The highest BCUT2D eigenvalue weighted by Gasteiger charge is 2.34. The minimum absolute atomic E-state index is 0.00611. The lowest BCUT2D eigenvalue weighted by Gasteiger charge is -2.20. The minimum atomic E-state index is -3.39. The molecule has 3 rings (SSSR count). The van der Waals surface area contributed by atoms with E-state index in [9.17, 15) is 8.42 Å². The minimum Gasteiger partial charge on any atom is -0.266 e. The van der Waals surface area contributed by atoms with Crippen LogP contribution in [0.3, 0.4) is 0 Å². The largest absolute Gasteiger partial charge is 0.281 e. The Hall–Kier alpha value is -1.84. The first-order chi connectivity index (χ1) is 11.3. The molecule has 8 nitrogen and oxygen atoms in total. The molecule has 1 aliphatic rings. The number of hydrogen-bond donors (Lipinski definition) is 0. The highest BCUT2D eigenvalue weighted by atomic mass is 32.2. The van der Waals surface area contributed by atoms with E-state index in [2.05, 4.69) is 15.1 Å². The maximum absolute atomic E-state index is 12.3. The Bertz CT molecular complexity index is 845. The lowest BCUT2D eigenvalue weighted by molar-refractivity contribution is 0.418. The van der Waals surface area contributed by atoms with Crippen molar-refractivity contribution in [1.82, 2.24) is 28.4 Å². The van der Waals surface area contributed by atoms with Gasteiger partial charge in [-0.15, -0.1) is 0 Å². The molecule has 0 spiro atoms. The first-order valence-corrected chi connectivity index (χ1v) is 9.20. The number of aryl methyl sites for hydroxylation is 2. The molecule has 3 heterocycles. The monoisotopic (exact) mass is 350 g/mol. The van der Waals surface area contributed by atoms with E-state index in [0.29, 0.717) is 18.9 Å². The number of aromatic nitrogens is 4. The van der Waals surface area contributed by atoms with E-state index in [4.69, 9.17) is 0 Å². The molecule has 2 aromatic rings. The second kappa shape index (κ2) is 6.23. The van der Waals surface area contributed by atoms with Crippen LogP contribution < -0.4 is 0 Å². The Morgan fingerprint density at radius 3 is 2.67 bits per heavy atom. The molecule has 1 atom stereocenters. The zero-order valence-electron chi connectivity index (χ0n) is 14.3. The summed E-state index contributed by atoms with van der Waals surface area (Å²) in [6.45, 7) is 2.83. The van der Waals surface area contributed by atoms with Crippen molar-refractivity contribution in [3.05, 3.63) is 29.8 Å². The van der Waals surface area contributed by atoms with E-state index in [1.807, 2.05) is 26.1 Å². The molecule has 0 bridgehead atoms. The Balaban J connectivity index is 1.89. The summed E-state index contributed by atoms with van der Waals surface area (Å²) in [5.74, 6) is 0.703. The first-order valence-electron chi connectivity index (χ1n) is 7.80. The van der Waals surface area contributed by atoms with Crippen molar-refractivity contribution in [2.75, 3.05) is 27.2 Å². The molecule has 9 heteroatoms. The fourth-order valence-electron chi connectivity index (χ4n) is 2.91. The van der Waals surface area contributed by atoms with Gasteiger partial charge in [0.1, 0.15) is 5.82 Å². The zero-order valence-corrected chi connectivity index (χ0v) is 15.2. The van der Waals surface area contributed by atoms with Crippen molar-refractivity contribution < 1.29 is 8.42 Å². The Labute approximate surface area is 142 Å². The van der Waals surface area contributed by atoms with Crippen LogP contribution in [-0.4, -0.2) is 64.0 Å². The molecule has 1 aliphatic heterocycles. The van der Waals surface area contributed by atoms with E-state index in [-0.39, 0.29) is 5.92 Å². The average molecular weight is 350 g/mol. The second-order valence-corrected chi connectivity index (χ2v) is 8.37. The van der Waals surface area contributed by atoms with Crippen LogP contribution in [-0.2, 0) is 17.3 Å². The fraction of sp³-hybridized carbons (Fsp3) is 0.533. The van der Waals surface area contributed by atoms with Gasteiger partial charge in [-0.25, -0.2) is 9.97 Å². The van der Waals surface area contributed by atoms with Crippen LogP contribution in [0.15, 0.2) is 18.3 Å². The first kappa shape index (κ1) is 17.0. The smallest absolute Gasteiger partial charge is 0.266 e. The summed E-state index contributed by atoms with van der Waals surface area (Å²) in [5.41, 5.74) is 2.59. The summed E-state index contributed by atoms with van der Waals surface area (Å²) in [6, 6.07) is 3.83. The fourth-order valence-corrected chi connectivity index (χ4v) is 4.08. The third-order valence-corrected chi connectivity index (χ3v) is 6.17. The standard InChI is InChI=1S/C15H22N6O2S/c1-11-9-13(14-5-7-16-20(14)4)18-15(17-11)12-6-8-21(10-12)24(22,23)19(2)3/h5,7,9,12H,6,8,10H2,1-4H3/t12-/m1/s1. The van der Waals surface area contributed by atoms with E-state index >= 15 is 0 Å². The van der Waals surface area contributed by atoms with E-state index in [0.717, 1.165) is 23.5 Å². The molecule has 0 N–H and O–H groups in total. The summed E-state index contributed by atoms with van der Waals surface area (Å²) in [6.07, 6.45) is 2.45. The van der Waals surface area contributed by atoms with Crippen molar-refractivity contribution in [2.24, 2.45) is 7.05 Å². The van der Waals surface area contributed by atoms with Crippen molar-refractivity contribution >= 4 is 10.2 Å². The molecule has 1 fully saturated rings. The highest BCUT2D eigenvalue weighted by molar-refractivity contribution is 7.86. The number of nitrogens with zero attached hydrogens (tertiary/aromatic N) is 6. The molecule has 0 radical (unpaired) electrons. The quantitative estimate of drug-likeness (QED) is 0.814. The average Bonchev–Trinajstić information content (AvgIpc) is 3.15. The summed E-state index contributed by atoms with van der Waals surface area (Å²) in [7, 11) is 1.57. The molecular weight excluding hydrogens is 328 g/mol. The van der Waals surface area contributed by atoms with Crippen molar-refractivity contribution in [3.63, 3.8) is 0 Å². The number of rotatable bonds is 4. The molecule has 0 saturated carbocycles. The second-order valence-electron chi connectivity index (χ2n) is 6.23. The maximum Gasteiger partial charge on any atom is 0.281 e. The molecule has 1 saturated heterocycles. The SMILES string of the molecule is Cc1cc(-c2ccnn2C)nc([C@@H]2CCN(S(=O)(=O)N(C)C)C2)n1. The van der Waals surface area contributed by atoms with E-state index < -0.39 is 10.2 Å². The summed E-state index contributed by atoms with van der Waals surface area (Å²) in [5, 5.41) is 4.18. The molecule has 0 aromatic carbocycles. The van der Waals surface area contributed by atoms with Gasteiger partial charge < -0.3 is 0 Å². The lowest BCUT2D eigenvalue weighted by Crippen LogP contribution is -2.38. The summed E-state index contributed by atoms with van der Waals surface area (Å²) in [4.78, 5) is 9.21. The van der Waals surface area contributed by atoms with Gasteiger partial charge in [0, 0.05) is 52.0 Å². The molecule has 2 aromatic heterocycles. The van der Waals surface area contributed by atoms with Crippen LogP contribution in [0.4, 0.5) is 0 Å². The van der Waals surface area contributed by atoms with Crippen molar-refractivity contribution in [1.29, 1.82) is 0 Å². The van der Waals surface area contributed by atoms with Crippen LogP contribution in [0.1, 0.15) is 23.9 Å². The molecule has 0 unspecified atom stereocenters. The topological polar surface area (TPSA) is 84.2 Å². The van der Waals surface area contributed by atoms with E-state index in [1.54, 1.807) is 25.0 Å². The summed E-state index contributed by atoms with van der Waals surface area (Å²) < 4.78 is 29.1. The van der Waals surface area contributed by atoms with Gasteiger partial charge in [0.15, 0.2) is 0 Å².